The van der Waals surface area contributed by atoms with Crippen LogP contribution in [0.15, 0.2) is 28.8 Å². The maximum Gasteiger partial charge on any atom is 0.257 e. The van der Waals surface area contributed by atoms with Gasteiger partial charge in [0.1, 0.15) is 18.5 Å². The third kappa shape index (κ3) is 5.92. The Morgan fingerprint density at radius 1 is 1.21 bits per heavy atom. The van der Waals surface area contributed by atoms with Crippen molar-refractivity contribution in [2.24, 2.45) is 5.73 Å². The topological polar surface area (TPSA) is 107 Å². The van der Waals surface area contributed by atoms with Crippen LogP contribution in [0.3, 0.4) is 0 Å². The van der Waals surface area contributed by atoms with E-state index in [0.717, 1.165) is 40.9 Å². The minimum absolute atomic E-state index is 0. The second kappa shape index (κ2) is 10.6. The number of nitrogens with two attached hydrogens (primary N) is 1. The van der Waals surface area contributed by atoms with Gasteiger partial charge in [0.2, 0.25) is 0 Å². The van der Waals surface area contributed by atoms with Gasteiger partial charge in [-0.3, -0.25) is 4.98 Å². The molecule has 0 amide bonds. The number of pyridine rings is 1. The van der Waals surface area contributed by atoms with E-state index in [0.29, 0.717) is 17.5 Å². The summed E-state index contributed by atoms with van der Waals surface area (Å²) in [4.78, 5) is 9.07. The van der Waals surface area contributed by atoms with Crippen molar-refractivity contribution in [1.29, 1.82) is 0 Å². The first-order valence-electron chi connectivity index (χ1n) is 9.35. The van der Waals surface area contributed by atoms with Gasteiger partial charge in [0.05, 0.1) is 0 Å². The summed E-state index contributed by atoms with van der Waals surface area (Å²) in [6.07, 6.45) is 1.23. The molecule has 0 aliphatic rings. The number of hydrogen-bond donors (Lipinski definition) is 2. The fraction of sp³-hybridized carbons (Fsp3) is 0.381. The molecule has 3 rings (SSSR count). The molecule has 0 aliphatic heterocycles. The van der Waals surface area contributed by atoms with E-state index in [4.69, 9.17) is 15.0 Å². The molecule has 157 valence electrons. The zero-order valence-corrected chi connectivity index (χ0v) is 18.4. The second-order valence-corrected chi connectivity index (χ2v) is 6.76. The first-order valence-corrected chi connectivity index (χ1v) is 9.35. The Balaban J connectivity index is 0.00000300. The van der Waals surface area contributed by atoms with Crippen molar-refractivity contribution >= 4 is 0 Å². The number of hydrogen-bond acceptors (Lipinski definition) is 7. The van der Waals surface area contributed by atoms with E-state index >= 15 is 0 Å². The molecule has 3 N–H and O–H groups in total. The smallest absolute Gasteiger partial charge is 0.257 e. The van der Waals surface area contributed by atoms with E-state index in [1.165, 1.54) is 0 Å². The molecule has 0 fully saturated rings. The molecule has 3 aromatic rings. The summed E-state index contributed by atoms with van der Waals surface area (Å²) in [5.74, 6) is 1.50. The van der Waals surface area contributed by atoms with Gasteiger partial charge in [0, 0.05) is 48.7 Å². The zero-order chi connectivity index (χ0) is 20.1. The van der Waals surface area contributed by atoms with E-state index < -0.39 is 6.10 Å². The van der Waals surface area contributed by atoms with Crippen LogP contribution in [-0.4, -0.2) is 39.5 Å². The maximum absolute atomic E-state index is 9.53. The van der Waals surface area contributed by atoms with Gasteiger partial charge in [-0.15, -0.1) is 11.6 Å². The van der Waals surface area contributed by atoms with Crippen molar-refractivity contribution in [3.05, 3.63) is 47.3 Å². The summed E-state index contributed by atoms with van der Waals surface area (Å²) in [6, 6.07) is 10.6. The van der Waals surface area contributed by atoms with E-state index in [9.17, 15) is 5.11 Å². The van der Waals surface area contributed by atoms with Crippen molar-refractivity contribution in [3.8, 4) is 28.6 Å². The van der Waals surface area contributed by atoms with Gasteiger partial charge in [-0.2, -0.15) is 12.1 Å². The molecule has 8 heteroatoms. The molecular weight excluding hydrogens is 459 g/mol. The van der Waals surface area contributed by atoms with Crippen molar-refractivity contribution in [2.45, 2.75) is 39.7 Å². The monoisotopic (exact) mass is 484 g/mol. The predicted molar refractivity (Wildman–Crippen MR) is 106 cm³/mol. The molecule has 29 heavy (non-hydrogen) atoms. The number of ether oxygens (including phenoxy) is 1. The van der Waals surface area contributed by atoms with Crippen molar-refractivity contribution in [2.75, 3.05) is 13.2 Å². The van der Waals surface area contributed by atoms with Crippen LogP contribution in [0.1, 0.15) is 30.3 Å². The molecule has 0 aliphatic carbocycles. The number of aryl methyl sites for hydroxylation is 3. The minimum atomic E-state index is -0.700. The summed E-state index contributed by atoms with van der Waals surface area (Å²) >= 11 is 0. The van der Waals surface area contributed by atoms with Gasteiger partial charge in [-0.25, -0.2) is 4.98 Å². The standard InChI is InChI=1S/C21H25N4O3.Rh/c1-4-5-17-10-16(9-14(3)23-17)21-24-20(25-28-21)15-6-7-19(13(2)8-15)27-12-18(26)11-22;/h6,8-10,18,26H,4-5,11-12,22H2,1-3H3;/q-1;. The van der Waals surface area contributed by atoms with Crippen LogP contribution in [0.4, 0.5) is 0 Å². The van der Waals surface area contributed by atoms with E-state index in [1.807, 2.05) is 32.0 Å². The molecular formula is C21H25N4O3Rh-. The number of aliphatic hydroxyl groups is 1. The Hall–Kier alpha value is -2.15. The SMILES string of the molecule is CCCc1cc(-c2nc(-c3c[c-]c(OCC(O)CN)c(C)c3)no2)cc(C)n1.[Rh]. The van der Waals surface area contributed by atoms with Crippen LogP contribution in [0.25, 0.3) is 22.8 Å². The van der Waals surface area contributed by atoms with Crippen LogP contribution in [-0.2, 0) is 25.9 Å². The second-order valence-electron chi connectivity index (χ2n) is 6.76. The van der Waals surface area contributed by atoms with E-state index in [2.05, 4.69) is 28.1 Å². The van der Waals surface area contributed by atoms with Gasteiger partial charge in [-0.1, -0.05) is 31.0 Å². The van der Waals surface area contributed by atoms with Gasteiger partial charge in [0.25, 0.3) is 5.89 Å². The van der Waals surface area contributed by atoms with Crippen LogP contribution < -0.4 is 10.5 Å². The maximum atomic E-state index is 9.53. The van der Waals surface area contributed by atoms with Crippen LogP contribution >= 0.6 is 0 Å². The Bertz CT molecular complexity index is 945. The number of benzene rings is 1. The first kappa shape index (κ1) is 23.1. The van der Waals surface area contributed by atoms with Gasteiger partial charge < -0.3 is 20.1 Å². The molecule has 0 spiro atoms. The molecule has 1 radical (unpaired) electrons. The van der Waals surface area contributed by atoms with Crippen molar-refractivity contribution in [3.63, 3.8) is 0 Å². The largest absolute Gasteiger partial charge is 0.516 e. The van der Waals surface area contributed by atoms with Crippen LogP contribution in [0.2, 0.25) is 0 Å². The molecule has 2 aromatic heterocycles. The van der Waals surface area contributed by atoms with Crippen molar-refractivity contribution < 1.29 is 33.8 Å². The Kier molecular flexibility index (Phi) is 8.44. The Morgan fingerprint density at radius 2 is 2.00 bits per heavy atom. The molecule has 1 unspecified atom stereocenters. The molecule has 7 nitrogen and oxygen atoms in total. The van der Waals surface area contributed by atoms with Gasteiger partial charge >= 0.3 is 0 Å². The molecule has 2 heterocycles. The van der Waals surface area contributed by atoms with E-state index in [-0.39, 0.29) is 32.6 Å². The molecule has 0 bridgehead atoms. The quantitative estimate of drug-likeness (QED) is 0.374. The van der Waals surface area contributed by atoms with Crippen LogP contribution in [0, 0.1) is 19.9 Å². The first-order chi connectivity index (χ1) is 13.5. The fourth-order valence-corrected chi connectivity index (χ4v) is 2.83. The third-order valence-corrected chi connectivity index (χ3v) is 4.22. The molecule has 0 saturated carbocycles. The van der Waals surface area contributed by atoms with Crippen molar-refractivity contribution in [1.82, 2.24) is 15.1 Å². The summed E-state index contributed by atoms with van der Waals surface area (Å²) < 4.78 is 11.0. The summed E-state index contributed by atoms with van der Waals surface area (Å²) in [5.41, 5.74) is 9.83. The van der Waals surface area contributed by atoms with Gasteiger partial charge in [-0.05, 0) is 25.5 Å². The summed E-state index contributed by atoms with van der Waals surface area (Å²) in [6.45, 7) is 6.25. The van der Waals surface area contributed by atoms with Gasteiger partial charge in [0.15, 0.2) is 0 Å². The number of rotatable bonds is 8. The summed E-state index contributed by atoms with van der Waals surface area (Å²) in [5, 5.41) is 13.6. The average molecular weight is 484 g/mol. The van der Waals surface area contributed by atoms with Crippen LogP contribution in [0.5, 0.6) is 5.75 Å². The number of nitrogens with zero attached hydrogens (tertiary/aromatic N) is 3. The number of aliphatic hydroxyl groups excluding tert-OH is 1. The Labute approximate surface area is 183 Å². The third-order valence-electron chi connectivity index (χ3n) is 4.22. The Morgan fingerprint density at radius 3 is 2.69 bits per heavy atom. The fourth-order valence-electron chi connectivity index (χ4n) is 2.83. The molecule has 0 saturated heterocycles. The average Bonchev–Trinajstić information content (AvgIpc) is 3.17. The molecule has 1 aromatic carbocycles. The number of aromatic nitrogens is 3. The summed E-state index contributed by atoms with van der Waals surface area (Å²) in [7, 11) is 0. The zero-order valence-electron chi connectivity index (χ0n) is 16.7. The molecule has 1 atom stereocenters. The minimum Gasteiger partial charge on any atom is -0.516 e. The predicted octanol–water partition coefficient (Wildman–Crippen LogP) is 2.86. The van der Waals surface area contributed by atoms with E-state index in [1.54, 1.807) is 6.07 Å². The normalized spacial score (nSPS) is 11.8.